The van der Waals surface area contributed by atoms with Crippen molar-refractivity contribution in [1.29, 1.82) is 0 Å². The molecule has 0 aliphatic heterocycles. The topological polar surface area (TPSA) is 22.8 Å². The number of pyridine rings is 1. The van der Waals surface area contributed by atoms with Crippen LogP contribution in [0.1, 0.15) is 0 Å². The van der Waals surface area contributed by atoms with Crippen LogP contribution in [0.15, 0.2) is 237 Å². The average molecular weight is 790 g/mol. The second kappa shape index (κ2) is 14.8. The van der Waals surface area contributed by atoms with Crippen LogP contribution >= 0.6 is 0 Å². The third-order valence-corrected chi connectivity index (χ3v) is 12.3. The first-order valence-electron chi connectivity index (χ1n) is 21.2. The molecular formula is C59H39N3. The van der Waals surface area contributed by atoms with Gasteiger partial charge in [0, 0.05) is 44.0 Å². The highest BCUT2D eigenvalue weighted by Gasteiger charge is 2.17. The molecule has 0 atom stereocenters. The van der Waals surface area contributed by atoms with Gasteiger partial charge in [-0.1, -0.05) is 164 Å². The summed E-state index contributed by atoms with van der Waals surface area (Å²) in [5.41, 5.74) is 18.3. The Morgan fingerprint density at radius 1 is 0.226 bits per heavy atom. The molecule has 0 amide bonds. The molecule has 3 heteroatoms. The maximum atomic E-state index is 5.10. The van der Waals surface area contributed by atoms with E-state index in [9.17, 15) is 0 Å². The third-order valence-electron chi connectivity index (χ3n) is 12.3. The van der Waals surface area contributed by atoms with Crippen molar-refractivity contribution >= 4 is 43.6 Å². The summed E-state index contributed by atoms with van der Waals surface area (Å²) in [6.45, 7) is 0. The zero-order valence-corrected chi connectivity index (χ0v) is 33.9. The number of para-hydroxylation sites is 2. The van der Waals surface area contributed by atoms with Crippen molar-refractivity contribution < 1.29 is 0 Å². The van der Waals surface area contributed by atoms with Crippen LogP contribution < -0.4 is 0 Å². The summed E-state index contributed by atoms with van der Waals surface area (Å²) < 4.78 is 4.79. The van der Waals surface area contributed by atoms with Crippen LogP contribution in [0.2, 0.25) is 0 Å². The molecule has 62 heavy (non-hydrogen) atoms. The average Bonchev–Trinajstić information content (AvgIpc) is 3.87. The van der Waals surface area contributed by atoms with Crippen LogP contribution in [0.25, 0.3) is 111 Å². The molecule has 0 radical (unpaired) electrons. The van der Waals surface area contributed by atoms with E-state index in [2.05, 4.69) is 234 Å². The smallest absolute Gasteiger partial charge is 0.0715 e. The molecular weight excluding hydrogens is 751 g/mol. The Balaban J connectivity index is 0.928. The molecule has 12 rings (SSSR count). The fourth-order valence-electron chi connectivity index (χ4n) is 9.31. The minimum absolute atomic E-state index is 0.961. The summed E-state index contributed by atoms with van der Waals surface area (Å²) >= 11 is 0. The Hall–Kier alpha value is -8.27. The number of aromatic nitrogens is 3. The minimum Gasteiger partial charge on any atom is -0.309 e. The molecule has 3 nitrogen and oxygen atoms in total. The Kier molecular flexibility index (Phi) is 8.50. The predicted molar refractivity (Wildman–Crippen MR) is 260 cm³/mol. The lowest BCUT2D eigenvalue weighted by molar-refractivity contribution is 1.18. The normalized spacial score (nSPS) is 11.5. The van der Waals surface area contributed by atoms with E-state index < -0.39 is 0 Å². The Morgan fingerprint density at radius 3 is 1.02 bits per heavy atom. The van der Waals surface area contributed by atoms with Crippen molar-refractivity contribution in [3.05, 3.63) is 237 Å². The Labute approximate surface area is 360 Å². The molecule has 0 fully saturated rings. The van der Waals surface area contributed by atoms with Gasteiger partial charge in [0.15, 0.2) is 0 Å². The Bertz CT molecular complexity index is 3520. The SMILES string of the molecule is c1ccc(-c2ccc(-n3c4ccccc4c4cc(-c5ccc6c(c5)c5ccccc5n6-c5ccc(-c6cc(-c7ccccc7)nc(-c7ccccc7)c6)cc5)ccc43)cc2)cc1. The zero-order chi connectivity index (χ0) is 41.0. The van der Waals surface area contributed by atoms with E-state index in [0.29, 0.717) is 0 Å². The van der Waals surface area contributed by atoms with E-state index >= 15 is 0 Å². The van der Waals surface area contributed by atoms with Crippen LogP contribution in [-0.4, -0.2) is 14.1 Å². The van der Waals surface area contributed by atoms with E-state index in [1.165, 1.54) is 65.9 Å². The quantitative estimate of drug-likeness (QED) is 0.158. The lowest BCUT2D eigenvalue weighted by Crippen LogP contribution is -1.94. The molecule has 0 saturated heterocycles. The third kappa shape index (κ3) is 6.10. The molecule has 0 bridgehead atoms. The molecule has 0 aliphatic rings. The van der Waals surface area contributed by atoms with Crippen molar-refractivity contribution in [2.75, 3.05) is 0 Å². The second-order valence-electron chi connectivity index (χ2n) is 16.0. The van der Waals surface area contributed by atoms with Gasteiger partial charge in [-0.15, -0.1) is 0 Å². The van der Waals surface area contributed by atoms with Crippen molar-refractivity contribution in [2.45, 2.75) is 0 Å². The van der Waals surface area contributed by atoms with Gasteiger partial charge in [-0.3, -0.25) is 0 Å². The summed E-state index contributed by atoms with van der Waals surface area (Å²) in [4.78, 5) is 5.10. The largest absolute Gasteiger partial charge is 0.309 e. The second-order valence-corrected chi connectivity index (χ2v) is 16.0. The maximum absolute atomic E-state index is 5.10. The van der Waals surface area contributed by atoms with E-state index in [0.717, 1.165) is 45.0 Å². The van der Waals surface area contributed by atoms with Crippen LogP contribution in [0.5, 0.6) is 0 Å². The van der Waals surface area contributed by atoms with Gasteiger partial charge in [0.1, 0.15) is 0 Å². The zero-order valence-electron chi connectivity index (χ0n) is 33.9. The lowest BCUT2D eigenvalue weighted by atomic mass is 9.99. The van der Waals surface area contributed by atoms with Crippen LogP contribution in [0.3, 0.4) is 0 Å². The van der Waals surface area contributed by atoms with Gasteiger partial charge in [0.25, 0.3) is 0 Å². The van der Waals surface area contributed by atoms with Crippen molar-refractivity contribution in [3.63, 3.8) is 0 Å². The summed E-state index contributed by atoms with van der Waals surface area (Å²) in [7, 11) is 0. The van der Waals surface area contributed by atoms with Crippen LogP contribution in [-0.2, 0) is 0 Å². The van der Waals surface area contributed by atoms with Crippen molar-refractivity contribution in [2.24, 2.45) is 0 Å². The van der Waals surface area contributed by atoms with Gasteiger partial charge in [-0.25, -0.2) is 4.98 Å². The molecule has 0 N–H and O–H groups in total. The van der Waals surface area contributed by atoms with Gasteiger partial charge in [0.05, 0.1) is 33.5 Å². The molecule has 3 heterocycles. The molecule has 12 aromatic rings. The first-order chi connectivity index (χ1) is 30.7. The van der Waals surface area contributed by atoms with Crippen LogP contribution in [0.4, 0.5) is 0 Å². The van der Waals surface area contributed by atoms with E-state index in [1.54, 1.807) is 0 Å². The number of hydrogen-bond donors (Lipinski definition) is 0. The molecule has 0 spiro atoms. The molecule has 0 aliphatic carbocycles. The predicted octanol–water partition coefficient (Wildman–Crippen LogP) is 15.6. The van der Waals surface area contributed by atoms with Gasteiger partial charge in [0.2, 0.25) is 0 Å². The monoisotopic (exact) mass is 789 g/mol. The molecule has 3 aromatic heterocycles. The number of benzene rings is 9. The summed E-state index contributed by atoms with van der Waals surface area (Å²) in [5, 5.41) is 4.96. The van der Waals surface area contributed by atoms with Gasteiger partial charge < -0.3 is 9.13 Å². The lowest BCUT2D eigenvalue weighted by Gasteiger charge is -2.12. The number of fused-ring (bicyclic) bond motifs is 6. The fourth-order valence-corrected chi connectivity index (χ4v) is 9.31. The van der Waals surface area contributed by atoms with E-state index in [4.69, 9.17) is 4.98 Å². The molecule has 9 aromatic carbocycles. The van der Waals surface area contributed by atoms with E-state index in [-0.39, 0.29) is 0 Å². The number of nitrogens with zero attached hydrogens (tertiary/aromatic N) is 3. The van der Waals surface area contributed by atoms with E-state index in [1.807, 2.05) is 12.1 Å². The summed E-state index contributed by atoms with van der Waals surface area (Å²) in [5.74, 6) is 0. The first-order valence-corrected chi connectivity index (χ1v) is 21.2. The fraction of sp³-hybridized carbons (Fsp3) is 0. The number of hydrogen-bond acceptors (Lipinski definition) is 1. The van der Waals surface area contributed by atoms with Crippen molar-refractivity contribution in [1.82, 2.24) is 14.1 Å². The highest BCUT2D eigenvalue weighted by atomic mass is 15.0. The van der Waals surface area contributed by atoms with Crippen molar-refractivity contribution in [3.8, 4) is 67.3 Å². The summed E-state index contributed by atoms with van der Waals surface area (Å²) in [6.07, 6.45) is 0. The molecule has 0 saturated carbocycles. The maximum Gasteiger partial charge on any atom is 0.0715 e. The molecule has 0 unspecified atom stereocenters. The van der Waals surface area contributed by atoms with Crippen LogP contribution in [0, 0.1) is 0 Å². The Morgan fingerprint density at radius 2 is 0.565 bits per heavy atom. The van der Waals surface area contributed by atoms with Gasteiger partial charge in [-0.2, -0.15) is 0 Å². The van der Waals surface area contributed by atoms with Gasteiger partial charge in [-0.05, 0) is 106 Å². The molecule has 290 valence electrons. The standard InChI is InChI=1S/C59H39N3/c1-4-14-40(15-5-1)41-24-30-48(31-25-41)61-56-22-12-10-20-50(56)52-36-45(28-34-58(52)61)46-29-35-59-53(37-46)51-21-11-13-23-57(51)62(59)49-32-26-42(27-33-49)47-38-54(43-16-6-2-7-17-43)60-55(39-47)44-18-8-3-9-19-44/h1-39H. The highest BCUT2D eigenvalue weighted by molar-refractivity contribution is 6.12. The first kappa shape index (κ1) is 35.7. The minimum atomic E-state index is 0.961. The van der Waals surface area contributed by atoms with Gasteiger partial charge >= 0.3 is 0 Å². The number of rotatable bonds is 7. The summed E-state index contributed by atoms with van der Waals surface area (Å²) in [6, 6.07) is 85.2. The highest BCUT2D eigenvalue weighted by Crippen LogP contribution is 2.39.